The second-order valence-corrected chi connectivity index (χ2v) is 9.73. The van der Waals surface area contributed by atoms with Crippen molar-refractivity contribution in [1.29, 1.82) is 5.26 Å². The standard InChI is InChI=1S/C24H31N3O2/c1-15(19-4-2-16(13-25)3-5-19)27-6-7-29-22(14-27)24(28)26-23-20-9-17-8-18(11-20)12-21(23)10-17/h2-5,15,17-18,20-23H,6-12,14H2,1H3,(H,26,28). The molecule has 4 aliphatic carbocycles. The number of amides is 1. The normalized spacial score (nSPS) is 37.1. The summed E-state index contributed by atoms with van der Waals surface area (Å²) in [7, 11) is 0. The molecule has 1 aromatic rings. The summed E-state index contributed by atoms with van der Waals surface area (Å²) in [5.74, 6) is 3.29. The number of ether oxygens (including phenoxy) is 1. The van der Waals surface area contributed by atoms with E-state index in [4.69, 9.17) is 10.00 Å². The van der Waals surface area contributed by atoms with Crippen LogP contribution in [0, 0.1) is 35.0 Å². The van der Waals surface area contributed by atoms with Crippen LogP contribution < -0.4 is 5.32 Å². The molecule has 154 valence electrons. The second kappa shape index (κ2) is 7.74. The lowest BCUT2D eigenvalue weighted by Crippen LogP contribution is -2.59. The number of nitrogens with one attached hydrogen (secondary N) is 1. The van der Waals surface area contributed by atoms with Crippen LogP contribution in [-0.2, 0) is 9.53 Å². The molecule has 0 spiro atoms. The molecule has 5 heteroatoms. The minimum Gasteiger partial charge on any atom is -0.366 e. The van der Waals surface area contributed by atoms with Gasteiger partial charge in [-0.25, -0.2) is 0 Å². The van der Waals surface area contributed by atoms with Gasteiger partial charge >= 0.3 is 0 Å². The van der Waals surface area contributed by atoms with Crippen molar-refractivity contribution in [2.24, 2.45) is 23.7 Å². The number of hydrogen-bond acceptors (Lipinski definition) is 4. The summed E-state index contributed by atoms with van der Waals surface area (Å²) in [5, 5.41) is 12.4. The molecule has 1 aromatic carbocycles. The molecule has 29 heavy (non-hydrogen) atoms. The molecule has 4 saturated carbocycles. The van der Waals surface area contributed by atoms with E-state index in [-0.39, 0.29) is 18.1 Å². The Balaban J connectivity index is 1.21. The van der Waals surface area contributed by atoms with Crippen LogP contribution in [-0.4, -0.2) is 42.6 Å². The molecule has 1 N–H and O–H groups in total. The molecule has 5 fully saturated rings. The number of rotatable bonds is 4. The first-order valence-electron chi connectivity index (χ1n) is 11.3. The fraction of sp³-hybridized carbons (Fsp3) is 0.667. The molecule has 6 rings (SSSR count). The molecular weight excluding hydrogens is 362 g/mol. The summed E-state index contributed by atoms with van der Waals surface area (Å²) < 4.78 is 5.89. The van der Waals surface area contributed by atoms with Crippen molar-refractivity contribution < 1.29 is 9.53 Å². The SMILES string of the molecule is CC(c1ccc(C#N)cc1)N1CCOC(C(=O)NC2C3CC4CC(C3)CC2C4)C1. The summed E-state index contributed by atoms with van der Waals surface area (Å²) in [6.07, 6.45) is 6.29. The molecule has 1 saturated heterocycles. The zero-order valence-corrected chi connectivity index (χ0v) is 17.2. The lowest BCUT2D eigenvalue weighted by molar-refractivity contribution is -0.143. The van der Waals surface area contributed by atoms with Crippen LogP contribution in [0.25, 0.3) is 0 Å². The summed E-state index contributed by atoms with van der Waals surface area (Å²) >= 11 is 0. The third-order valence-electron chi connectivity index (χ3n) is 8.00. The third-order valence-corrected chi connectivity index (χ3v) is 8.00. The van der Waals surface area contributed by atoms with Gasteiger partial charge in [0.25, 0.3) is 5.91 Å². The van der Waals surface area contributed by atoms with Crippen molar-refractivity contribution in [3.63, 3.8) is 0 Å². The molecule has 1 amide bonds. The Morgan fingerprint density at radius 3 is 2.41 bits per heavy atom. The molecule has 1 heterocycles. The van der Waals surface area contributed by atoms with Crippen LogP contribution in [0.4, 0.5) is 0 Å². The van der Waals surface area contributed by atoms with Gasteiger partial charge in [-0.2, -0.15) is 5.26 Å². The monoisotopic (exact) mass is 393 g/mol. The zero-order valence-electron chi connectivity index (χ0n) is 17.2. The first-order valence-corrected chi connectivity index (χ1v) is 11.3. The van der Waals surface area contributed by atoms with Crippen molar-refractivity contribution in [2.45, 2.75) is 57.2 Å². The van der Waals surface area contributed by atoms with Gasteiger partial charge in [0.05, 0.1) is 18.2 Å². The quantitative estimate of drug-likeness (QED) is 0.853. The highest BCUT2D eigenvalue weighted by Crippen LogP contribution is 2.53. The highest BCUT2D eigenvalue weighted by molar-refractivity contribution is 5.81. The van der Waals surface area contributed by atoms with Crippen LogP contribution in [0.3, 0.4) is 0 Å². The van der Waals surface area contributed by atoms with E-state index in [1.807, 2.05) is 24.3 Å². The van der Waals surface area contributed by atoms with Crippen LogP contribution >= 0.6 is 0 Å². The number of nitriles is 1. The van der Waals surface area contributed by atoms with Gasteiger partial charge in [-0.3, -0.25) is 9.69 Å². The molecule has 5 nitrogen and oxygen atoms in total. The van der Waals surface area contributed by atoms with E-state index in [1.165, 1.54) is 37.7 Å². The van der Waals surface area contributed by atoms with Crippen molar-refractivity contribution in [3.05, 3.63) is 35.4 Å². The fourth-order valence-electron chi connectivity index (χ4n) is 6.64. The summed E-state index contributed by atoms with van der Waals surface area (Å²) in [6.45, 7) is 4.20. The number of benzene rings is 1. The fourth-order valence-corrected chi connectivity index (χ4v) is 6.64. The lowest BCUT2D eigenvalue weighted by atomic mass is 9.54. The number of hydrogen-bond donors (Lipinski definition) is 1. The maximum atomic E-state index is 13.1. The third kappa shape index (κ3) is 3.69. The maximum absolute atomic E-state index is 13.1. The van der Waals surface area contributed by atoms with E-state index in [9.17, 15) is 4.79 Å². The molecule has 2 unspecified atom stereocenters. The van der Waals surface area contributed by atoms with Gasteiger partial charge in [-0.05, 0) is 80.4 Å². The summed E-state index contributed by atoms with van der Waals surface area (Å²) in [6, 6.07) is 10.5. The predicted molar refractivity (Wildman–Crippen MR) is 110 cm³/mol. The molecule has 0 aromatic heterocycles. The smallest absolute Gasteiger partial charge is 0.250 e. The molecule has 5 aliphatic rings. The Morgan fingerprint density at radius 2 is 1.79 bits per heavy atom. The summed E-state index contributed by atoms with van der Waals surface area (Å²) in [5.41, 5.74) is 1.85. The topological polar surface area (TPSA) is 65.4 Å². The van der Waals surface area contributed by atoms with Gasteiger partial charge in [-0.15, -0.1) is 0 Å². The molecular formula is C24H31N3O2. The van der Waals surface area contributed by atoms with E-state index in [0.717, 1.165) is 18.4 Å². The largest absolute Gasteiger partial charge is 0.366 e. The minimum atomic E-state index is -0.387. The van der Waals surface area contributed by atoms with Gasteiger partial charge in [0, 0.05) is 25.2 Å². The lowest BCUT2D eigenvalue weighted by Gasteiger charge is -2.54. The van der Waals surface area contributed by atoms with Crippen LogP contribution in [0.2, 0.25) is 0 Å². The van der Waals surface area contributed by atoms with Gasteiger partial charge in [-0.1, -0.05) is 12.1 Å². The number of carbonyl (C=O) groups is 1. The Morgan fingerprint density at radius 1 is 1.14 bits per heavy atom. The van der Waals surface area contributed by atoms with Crippen molar-refractivity contribution in [1.82, 2.24) is 10.2 Å². The van der Waals surface area contributed by atoms with E-state index in [0.29, 0.717) is 36.6 Å². The highest BCUT2D eigenvalue weighted by atomic mass is 16.5. The number of carbonyl (C=O) groups excluding carboxylic acids is 1. The van der Waals surface area contributed by atoms with E-state index >= 15 is 0 Å². The number of nitrogens with zero attached hydrogens (tertiary/aromatic N) is 2. The average molecular weight is 394 g/mol. The van der Waals surface area contributed by atoms with Crippen LogP contribution in [0.5, 0.6) is 0 Å². The van der Waals surface area contributed by atoms with Gasteiger partial charge < -0.3 is 10.1 Å². The number of morpholine rings is 1. The first kappa shape index (κ1) is 19.1. The van der Waals surface area contributed by atoms with Crippen molar-refractivity contribution in [2.75, 3.05) is 19.7 Å². The Kier molecular flexibility index (Phi) is 5.09. The first-order chi connectivity index (χ1) is 14.1. The predicted octanol–water partition coefficient (Wildman–Crippen LogP) is 3.26. The highest BCUT2D eigenvalue weighted by Gasteiger charge is 2.49. The Bertz CT molecular complexity index is 771. The van der Waals surface area contributed by atoms with Crippen molar-refractivity contribution >= 4 is 5.91 Å². The second-order valence-electron chi connectivity index (χ2n) is 9.73. The van der Waals surface area contributed by atoms with Crippen molar-refractivity contribution in [3.8, 4) is 6.07 Å². The maximum Gasteiger partial charge on any atom is 0.250 e. The molecule has 4 bridgehead atoms. The van der Waals surface area contributed by atoms with Crippen LogP contribution in [0.1, 0.15) is 56.2 Å². The molecule has 1 aliphatic heterocycles. The Labute approximate surface area is 173 Å². The van der Waals surface area contributed by atoms with E-state index in [1.54, 1.807) is 0 Å². The van der Waals surface area contributed by atoms with E-state index in [2.05, 4.69) is 23.2 Å². The molecule has 2 atom stereocenters. The van der Waals surface area contributed by atoms with Crippen LogP contribution in [0.15, 0.2) is 24.3 Å². The van der Waals surface area contributed by atoms with Gasteiger partial charge in [0.15, 0.2) is 0 Å². The average Bonchev–Trinajstić information content (AvgIpc) is 2.75. The van der Waals surface area contributed by atoms with E-state index < -0.39 is 0 Å². The Hall–Kier alpha value is -1.90. The zero-order chi connectivity index (χ0) is 20.0. The minimum absolute atomic E-state index is 0.0826. The van der Waals surface area contributed by atoms with Gasteiger partial charge in [0.1, 0.15) is 6.10 Å². The summed E-state index contributed by atoms with van der Waals surface area (Å²) in [4.78, 5) is 15.4. The van der Waals surface area contributed by atoms with Gasteiger partial charge in [0.2, 0.25) is 0 Å². The molecule has 0 radical (unpaired) electrons.